The highest BCUT2D eigenvalue weighted by atomic mass is 19.4. The fraction of sp³-hybridized carbons (Fsp3) is 0.100. The predicted octanol–water partition coefficient (Wildman–Crippen LogP) is 4.33. The number of rotatable bonds is 5. The quantitative estimate of drug-likeness (QED) is 0.622. The number of hydrogen-bond donors (Lipinski definition) is 1. The summed E-state index contributed by atoms with van der Waals surface area (Å²) in [5.74, 6) is -0.776. The summed E-state index contributed by atoms with van der Waals surface area (Å²) >= 11 is 0. The number of amides is 1. The number of halogens is 3. The minimum Gasteiger partial charge on any atom is -0.465 e. The standard InChI is InChI=1S/C20H14F3N3O4/c1-29-19(28)12-2-8-16(24-10-12)18(27)26-14-5-9-17(25-11-14)30-15-6-3-13(4-7-15)20(21,22)23/h2-11H,1H3,(H,26,27). The van der Waals surface area contributed by atoms with E-state index in [2.05, 4.69) is 20.0 Å². The Bertz CT molecular complexity index is 1030. The molecule has 154 valence electrons. The summed E-state index contributed by atoms with van der Waals surface area (Å²) in [5.41, 5.74) is -0.152. The molecule has 0 spiro atoms. The van der Waals surface area contributed by atoms with Crippen molar-refractivity contribution >= 4 is 17.6 Å². The molecule has 3 aromatic rings. The summed E-state index contributed by atoms with van der Waals surface area (Å²) in [5, 5.41) is 2.58. The lowest BCUT2D eigenvalue weighted by Gasteiger charge is -2.09. The van der Waals surface area contributed by atoms with E-state index in [1.165, 1.54) is 55.9 Å². The van der Waals surface area contributed by atoms with E-state index in [9.17, 15) is 22.8 Å². The molecule has 7 nitrogen and oxygen atoms in total. The third kappa shape index (κ3) is 5.10. The molecule has 0 bridgehead atoms. The second kappa shape index (κ2) is 8.60. The van der Waals surface area contributed by atoms with Crippen molar-refractivity contribution in [2.75, 3.05) is 12.4 Å². The number of carbonyl (C=O) groups excluding carboxylic acids is 2. The summed E-state index contributed by atoms with van der Waals surface area (Å²) in [4.78, 5) is 31.5. The van der Waals surface area contributed by atoms with Gasteiger partial charge in [0.05, 0.1) is 30.1 Å². The molecule has 1 amide bonds. The largest absolute Gasteiger partial charge is 0.465 e. The molecule has 0 fully saturated rings. The van der Waals surface area contributed by atoms with Gasteiger partial charge in [0.15, 0.2) is 0 Å². The Morgan fingerprint density at radius 3 is 2.20 bits per heavy atom. The third-order valence-electron chi connectivity index (χ3n) is 3.82. The van der Waals surface area contributed by atoms with Crippen LogP contribution in [-0.4, -0.2) is 29.0 Å². The molecule has 0 aliphatic heterocycles. The number of esters is 1. The molecule has 30 heavy (non-hydrogen) atoms. The van der Waals surface area contributed by atoms with E-state index < -0.39 is 23.6 Å². The number of alkyl halides is 3. The maximum absolute atomic E-state index is 12.6. The van der Waals surface area contributed by atoms with Crippen LogP contribution in [0.1, 0.15) is 26.4 Å². The molecule has 1 aromatic carbocycles. The number of nitrogens with one attached hydrogen (secondary N) is 1. The van der Waals surface area contributed by atoms with Crippen molar-refractivity contribution in [3.05, 3.63) is 77.7 Å². The molecule has 0 radical (unpaired) electrons. The summed E-state index contributed by atoms with van der Waals surface area (Å²) in [7, 11) is 1.24. The van der Waals surface area contributed by atoms with Gasteiger partial charge in [-0.3, -0.25) is 9.78 Å². The van der Waals surface area contributed by atoms with Crippen molar-refractivity contribution in [2.45, 2.75) is 6.18 Å². The minimum atomic E-state index is -4.43. The lowest BCUT2D eigenvalue weighted by molar-refractivity contribution is -0.137. The topological polar surface area (TPSA) is 90.4 Å². The Balaban J connectivity index is 1.61. The average molecular weight is 417 g/mol. The number of aromatic nitrogens is 2. The summed E-state index contributed by atoms with van der Waals surface area (Å²) in [6.45, 7) is 0. The van der Waals surface area contributed by atoms with Gasteiger partial charge in [-0.05, 0) is 42.5 Å². The summed E-state index contributed by atoms with van der Waals surface area (Å²) in [6.07, 6.45) is -1.88. The van der Waals surface area contributed by atoms with Gasteiger partial charge in [0.2, 0.25) is 5.88 Å². The van der Waals surface area contributed by atoms with Crippen molar-refractivity contribution in [1.29, 1.82) is 0 Å². The van der Waals surface area contributed by atoms with Gasteiger partial charge in [0, 0.05) is 12.3 Å². The molecule has 0 saturated carbocycles. The highest BCUT2D eigenvalue weighted by Crippen LogP contribution is 2.31. The zero-order valence-corrected chi connectivity index (χ0v) is 15.4. The summed E-state index contributed by atoms with van der Waals surface area (Å²) < 4.78 is 47.7. The number of pyridine rings is 2. The molecule has 0 aliphatic carbocycles. The van der Waals surface area contributed by atoms with Crippen molar-refractivity contribution in [3.63, 3.8) is 0 Å². The van der Waals surface area contributed by atoms with E-state index in [-0.39, 0.29) is 22.9 Å². The predicted molar refractivity (Wildman–Crippen MR) is 99.3 cm³/mol. The molecular weight excluding hydrogens is 403 g/mol. The number of anilines is 1. The highest BCUT2D eigenvalue weighted by Gasteiger charge is 2.30. The molecule has 0 saturated heterocycles. The number of methoxy groups -OCH3 is 1. The maximum Gasteiger partial charge on any atom is 0.416 e. The molecule has 1 N–H and O–H groups in total. The van der Waals surface area contributed by atoms with Gasteiger partial charge in [-0.25, -0.2) is 9.78 Å². The van der Waals surface area contributed by atoms with Crippen molar-refractivity contribution in [2.24, 2.45) is 0 Å². The average Bonchev–Trinajstić information content (AvgIpc) is 2.74. The smallest absolute Gasteiger partial charge is 0.416 e. The van der Waals surface area contributed by atoms with Gasteiger partial charge < -0.3 is 14.8 Å². The van der Waals surface area contributed by atoms with E-state index in [4.69, 9.17) is 4.74 Å². The number of benzene rings is 1. The van der Waals surface area contributed by atoms with E-state index >= 15 is 0 Å². The number of carbonyl (C=O) groups is 2. The third-order valence-corrected chi connectivity index (χ3v) is 3.82. The van der Waals surface area contributed by atoms with E-state index in [0.717, 1.165) is 12.1 Å². The minimum absolute atomic E-state index is 0.0766. The van der Waals surface area contributed by atoms with Crippen LogP contribution in [0.5, 0.6) is 11.6 Å². The molecular formula is C20H14F3N3O4. The maximum atomic E-state index is 12.6. The lowest BCUT2D eigenvalue weighted by Crippen LogP contribution is -2.14. The Hall–Kier alpha value is -3.95. The number of nitrogens with zero attached hydrogens (tertiary/aromatic N) is 2. The van der Waals surface area contributed by atoms with Gasteiger partial charge in [-0.15, -0.1) is 0 Å². The first kappa shape index (κ1) is 20.8. The van der Waals surface area contributed by atoms with Gasteiger partial charge in [0.25, 0.3) is 5.91 Å². The first-order valence-electron chi connectivity index (χ1n) is 8.43. The van der Waals surface area contributed by atoms with Gasteiger partial charge in [-0.2, -0.15) is 13.2 Å². The number of ether oxygens (including phenoxy) is 2. The van der Waals surface area contributed by atoms with E-state index in [1.54, 1.807) is 0 Å². The Morgan fingerprint density at radius 2 is 1.67 bits per heavy atom. The molecule has 0 atom stereocenters. The SMILES string of the molecule is COC(=O)c1ccc(C(=O)Nc2ccc(Oc3ccc(C(F)(F)F)cc3)nc2)nc1. The molecule has 2 aromatic heterocycles. The van der Waals surface area contributed by atoms with Gasteiger partial charge >= 0.3 is 12.1 Å². The van der Waals surface area contributed by atoms with Crippen molar-refractivity contribution in [1.82, 2.24) is 9.97 Å². The first-order valence-corrected chi connectivity index (χ1v) is 8.43. The Morgan fingerprint density at radius 1 is 0.933 bits per heavy atom. The van der Waals surface area contributed by atoms with Gasteiger partial charge in [0.1, 0.15) is 11.4 Å². The Kier molecular flexibility index (Phi) is 5.95. The first-order chi connectivity index (χ1) is 14.3. The van der Waals surface area contributed by atoms with Crippen molar-refractivity contribution in [3.8, 4) is 11.6 Å². The fourth-order valence-electron chi connectivity index (χ4n) is 2.31. The van der Waals surface area contributed by atoms with Crippen LogP contribution < -0.4 is 10.1 Å². The van der Waals surface area contributed by atoms with Crippen molar-refractivity contribution < 1.29 is 32.2 Å². The van der Waals surface area contributed by atoms with Crippen LogP contribution in [0.4, 0.5) is 18.9 Å². The molecule has 0 aliphatic rings. The van der Waals surface area contributed by atoms with Gasteiger partial charge in [-0.1, -0.05) is 0 Å². The van der Waals surface area contributed by atoms with Crippen LogP contribution in [0.15, 0.2) is 60.9 Å². The second-order valence-electron chi connectivity index (χ2n) is 5.89. The van der Waals surface area contributed by atoms with Crippen LogP contribution >= 0.6 is 0 Å². The normalized spacial score (nSPS) is 10.9. The zero-order valence-electron chi connectivity index (χ0n) is 15.4. The Labute approximate surface area is 168 Å². The highest BCUT2D eigenvalue weighted by molar-refractivity contribution is 6.03. The monoisotopic (exact) mass is 417 g/mol. The molecule has 3 rings (SSSR count). The number of hydrogen-bond acceptors (Lipinski definition) is 6. The molecule has 0 unspecified atom stereocenters. The second-order valence-corrected chi connectivity index (χ2v) is 5.89. The molecule has 2 heterocycles. The van der Waals surface area contributed by atoms with E-state index in [0.29, 0.717) is 5.69 Å². The lowest BCUT2D eigenvalue weighted by atomic mass is 10.2. The van der Waals surface area contributed by atoms with Crippen LogP contribution in [0.2, 0.25) is 0 Å². The molecule has 10 heteroatoms. The van der Waals surface area contributed by atoms with E-state index in [1.807, 2.05) is 0 Å². The zero-order chi connectivity index (χ0) is 21.7. The fourth-order valence-corrected chi connectivity index (χ4v) is 2.31. The van der Waals surface area contributed by atoms with Crippen LogP contribution in [-0.2, 0) is 10.9 Å². The van der Waals surface area contributed by atoms with Crippen LogP contribution in [0.25, 0.3) is 0 Å². The summed E-state index contributed by atoms with van der Waals surface area (Å²) in [6, 6.07) is 9.91. The van der Waals surface area contributed by atoms with Crippen LogP contribution in [0.3, 0.4) is 0 Å². The van der Waals surface area contributed by atoms with Crippen LogP contribution in [0, 0.1) is 0 Å².